The second-order valence-electron chi connectivity index (χ2n) is 10.9. The van der Waals surface area contributed by atoms with Crippen molar-refractivity contribution in [3.63, 3.8) is 0 Å². The number of nitro groups is 1. The first-order chi connectivity index (χ1) is 16.8. The Morgan fingerprint density at radius 3 is 1.33 bits per heavy atom. The fourth-order valence-corrected chi connectivity index (χ4v) is 3.66. The Bertz CT molecular complexity index is 1160. The second kappa shape index (κ2) is 10.3. The van der Waals surface area contributed by atoms with E-state index in [0.29, 0.717) is 16.7 Å². The van der Waals surface area contributed by atoms with Crippen LogP contribution in [0.15, 0.2) is 72.8 Å². The van der Waals surface area contributed by atoms with Crippen LogP contribution in [0.3, 0.4) is 0 Å². The lowest BCUT2D eigenvalue weighted by atomic mass is 9.86. The molecular formula is C29H33N3O4. The number of non-ortho nitro benzene ring substituents is 1. The van der Waals surface area contributed by atoms with Gasteiger partial charge >= 0.3 is 0 Å². The zero-order valence-electron chi connectivity index (χ0n) is 21.6. The molecule has 0 radical (unpaired) electrons. The first-order valence-electron chi connectivity index (χ1n) is 11.8. The van der Waals surface area contributed by atoms with Gasteiger partial charge in [0, 0.05) is 23.3 Å². The van der Waals surface area contributed by atoms with Gasteiger partial charge in [0.05, 0.1) is 4.92 Å². The first-order valence-corrected chi connectivity index (χ1v) is 11.8. The molecule has 3 aromatic carbocycles. The normalized spacial score (nSPS) is 11.8. The molecule has 7 nitrogen and oxygen atoms in total. The molecule has 3 aromatic rings. The van der Waals surface area contributed by atoms with Crippen molar-refractivity contribution in [3.05, 3.63) is 111 Å². The molecular weight excluding hydrogens is 454 g/mol. The van der Waals surface area contributed by atoms with E-state index in [9.17, 15) is 19.7 Å². The highest BCUT2D eigenvalue weighted by Crippen LogP contribution is 2.24. The van der Waals surface area contributed by atoms with Crippen molar-refractivity contribution in [2.24, 2.45) is 0 Å². The maximum absolute atomic E-state index is 13.1. The van der Waals surface area contributed by atoms with Crippen molar-refractivity contribution in [1.29, 1.82) is 0 Å². The minimum atomic E-state index is -0.893. The molecule has 2 amide bonds. The highest BCUT2D eigenvalue weighted by molar-refractivity contribution is 5.97. The van der Waals surface area contributed by atoms with E-state index in [0.717, 1.165) is 11.1 Å². The van der Waals surface area contributed by atoms with Crippen molar-refractivity contribution in [2.75, 3.05) is 0 Å². The Morgan fingerprint density at radius 2 is 1.03 bits per heavy atom. The average Bonchev–Trinajstić information content (AvgIpc) is 2.82. The minimum Gasteiger partial charge on any atom is -0.328 e. The van der Waals surface area contributed by atoms with Gasteiger partial charge in [0.15, 0.2) is 0 Å². The molecule has 0 atom stereocenters. The molecule has 0 saturated heterocycles. The van der Waals surface area contributed by atoms with Gasteiger partial charge in [-0.3, -0.25) is 19.7 Å². The maximum Gasteiger partial charge on any atom is 0.269 e. The number of nitro benzene ring substituents is 1. The van der Waals surface area contributed by atoms with Crippen LogP contribution in [-0.4, -0.2) is 16.7 Å². The van der Waals surface area contributed by atoms with Crippen LogP contribution in [0.2, 0.25) is 0 Å². The number of nitrogens with zero attached hydrogens (tertiary/aromatic N) is 1. The predicted octanol–water partition coefficient (Wildman–Crippen LogP) is 6.05. The monoisotopic (exact) mass is 487 g/mol. The van der Waals surface area contributed by atoms with Gasteiger partial charge in [0.2, 0.25) is 0 Å². The van der Waals surface area contributed by atoms with E-state index >= 15 is 0 Å². The molecule has 0 spiro atoms. The Hall–Kier alpha value is -4.00. The smallest absolute Gasteiger partial charge is 0.269 e. The number of amides is 2. The summed E-state index contributed by atoms with van der Waals surface area (Å²) in [7, 11) is 0. The van der Waals surface area contributed by atoms with E-state index in [1.807, 2.05) is 24.3 Å². The van der Waals surface area contributed by atoms with Gasteiger partial charge in [-0.15, -0.1) is 0 Å². The molecule has 0 unspecified atom stereocenters. The van der Waals surface area contributed by atoms with Crippen LogP contribution in [0.1, 0.15) is 85.1 Å². The van der Waals surface area contributed by atoms with Crippen molar-refractivity contribution in [1.82, 2.24) is 10.6 Å². The molecule has 7 heteroatoms. The third kappa shape index (κ3) is 6.56. The van der Waals surface area contributed by atoms with Gasteiger partial charge in [0.25, 0.3) is 17.5 Å². The molecule has 0 aromatic heterocycles. The van der Waals surface area contributed by atoms with Crippen LogP contribution >= 0.6 is 0 Å². The Balaban J connectivity index is 1.86. The number of nitrogens with one attached hydrogen (secondary N) is 2. The molecule has 0 aliphatic carbocycles. The lowest BCUT2D eigenvalue weighted by molar-refractivity contribution is -0.384. The summed E-state index contributed by atoms with van der Waals surface area (Å²) in [4.78, 5) is 36.7. The summed E-state index contributed by atoms with van der Waals surface area (Å²) in [5.74, 6) is -0.746. The van der Waals surface area contributed by atoms with E-state index in [4.69, 9.17) is 0 Å². The van der Waals surface area contributed by atoms with Gasteiger partial charge < -0.3 is 10.6 Å². The summed E-state index contributed by atoms with van der Waals surface area (Å²) < 4.78 is 0. The topological polar surface area (TPSA) is 101 Å². The molecule has 36 heavy (non-hydrogen) atoms. The molecule has 0 aliphatic rings. The van der Waals surface area contributed by atoms with Gasteiger partial charge in [0.1, 0.15) is 6.17 Å². The molecule has 0 heterocycles. The first kappa shape index (κ1) is 26.6. The SMILES string of the molecule is CC(C)(C)c1ccc(C(=O)NC(NC(=O)c2ccc(C(C)(C)C)cc2)c2ccc([N+](=O)[O-])cc2)cc1. The highest BCUT2D eigenvalue weighted by atomic mass is 16.6. The van der Waals surface area contributed by atoms with E-state index in [-0.39, 0.29) is 28.3 Å². The largest absolute Gasteiger partial charge is 0.328 e. The molecule has 0 fully saturated rings. The van der Waals surface area contributed by atoms with Gasteiger partial charge in [-0.05, 0) is 63.9 Å². The van der Waals surface area contributed by atoms with Crippen LogP contribution < -0.4 is 10.6 Å². The zero-order chi connectivity index (χ0) is 26.7. The second-order valence-corrected chi connectivity index (χ2v) is 10.9. The molecule has 3 rings (SSSR count). The highest BCUT2D eigenvalue weighted by Gasteiger charge is 2.21. The quantitative estimate of drug-likeness (QED) is 0.251. The number of hydrogen-bond acceptors (Lipinski definition) is 4. The molecule has 2 N–H and O–H groups in total. The number of carbonyl (C=O) groups excluding carboxylic acids is 2. The summed E-state index contributed by atoms with van der Waals surface area (Å²) in [6.07, 6.45) is -0.893. The third-order valence-corrected chi connectivity index (χ3v) is 6.01. The van der Waals surface area contributed by atoms with Crippen LogP contribution in [-0.2, 0) is 10.8 Å². The summed E-state index contributed by atoms with van der Waals surface area (Å²) in [5.41, 5.74) is 3.42. The van der Waals surface area contributed by atoms with E-state index in [1.165, 1.54) is 24.3 Å². The van der Waals surface area contributed by atoms with Crippen molar-refractivity contribution >= 4 is 17.5 Å². The maximum atomic E-state index is 13.1. The molecule has 0 saturated carbocycles. The Labute approximate surface area is 212 Å². The van der Waals surface area contributed by atoms with Gasteiger partial charge in [-0.1, -0.05) is 65.8 Å². The fourth-order valence-electron chi connectivity index (χ4n) is 3.66. The van der Waals surface area contributed by atoms with Crippen molar-refractivity contribution in [2.45, 2.75) is 58.5 Å². The van der Waals surface area contributed by atoms with Crippen LogP contribution in [0.4, 0.5) is 5.69 Å². The van der Waals surface area contributed by atoms with Crippen molar-refractivity contribution in [3.8, 4) is 0 Å². The van der Waals surface area contributed by atoms with Gasteiger partial charge in [-0.2, -0.15) is 0 Å². The summed E-state index contributed by atoms with van der Waals surface area (Å²) >= 11 is 0. The third-order valence-electron chi connectivity index (χ3n) is 6.01. The van der Waals surface area contributed by atoms with Gasteiger partial charge in [-0.25, -0.2) is 0 Å². The lowest BCUT2D eigenvalue weighted by Crippen LogP contribution is -2.41. The number of hydrogen-bond donors (Lipinski definition) is 2. The number of benzene rings is 3. The predicted molar refractivity (Wildman–Crippen MR) is 141 cm³/mol. The van der Waals surface area contributed by atoms with Crippen LogP contribution in [0, 0.1) is 10.1 Å². The van der Waals surface area contributed by atoms with Crippen molar-refractivity contribution < 1.29 is 14.5 Å². The number of carbonyl (C=O) groups is 2. The summed E-state index contributed by atoms with van der Waals surface area (Å²) in [6, 6.07) is 20.3. The molecule has 0 aliphatic heterocycles. The van der Waals surface area contributed by atoms with E-state index in [2.05, 4.69) is 52.2 Å². The summed E-state index contributed by atoms with van der Waals surface area (Å²) in [5, 5.41) is 16.8. The van der Waals surface area contributed by atoms with E-state index in [1.54, 1.807) is 24.3 Å². The average molecular weight is 488 g/mol. The standard InChI is InChI=1S/C29H33N3O4/c1-28(2,3)22-13-7-20(8-14-22)26(33)30-25(19-11-17-24(18-12-19)32(35)36)31-27(34)21-9-15-23(16-10-21)29(4,5)6/h7-18,25H,1-6H3,(H,30,33)(H,31,34). The Morgan fingerprint density at radius 1 is 0.667 bits per heavy atom. The van der Waals surface area contributed by atoms with Crippen LogP contribution in [0.5, 0.6) is 0 Å². The molecule has 0 bridgehead atoms. The van der Waals surface area contributed by atoms with E-state index < -0.39 is 11.1 Å². The molecule has 188 valence electrons. The Kier molecular flexibility index (Phi) is 7.62. The lowest BCUT2D eigenvalue weighted by Gasteiger charge is -2.22. The van der Waals surface area contributed by atoms with Crippen LogP contribution in [0.25, 0.3) is 0 Å². The summed E-state index contributed by atoms with van der Waals surface area (Å²) in [6.45, 7) is 12.6. The number of rotatable bonds is 6. The fraction of sp³-hybridized carbons (Fsp3) is 0.310. The minimum absolute atomic E-state index is 0.0488. The zero-order valence-corrected chi connectivity index (χ0v) is 21.6.